The molecule has 0 aliphatic heterocycles. The van der Waals surface area contributed by atoms with Crippen LogP contribution in [0.25, 0.3) is 0 Å². The number of anilines is 1. The molecule has 2 aromatic rings. The van der Waals surface area contributed by atoms with Crippen molar-refractivity contribution in [3.63, 3.8) is 0 Å². The van der Waals surface area contributed by atoms with Gasteiger partial charge in [0.1, 0.15) is 10.7 Å². The Hall–Kier alpha value is -2.30. The number of aryl methyl sites for hydroxylation is 1. The Bertz CT molecular complexity index is 1070. The van der Waals surface area contributed by atoms with Crippen molar-refractivity contribution >= 4 is 15.5 Å². The minimum absolute atomic E-state index is 0.182. The number of nitrogens with one attached hydrogen (secondary N) is 1. The monoisotopic (exact) mass is 452 g/mol. The van der Waals surface area contributed by atoms with Gasteiger partial charge >= 0.3 is 5.51 Å². The molecule has 1 fully saturated rings. The fourth-order valence-electron chi connectivity index (χ4n) is 3.25. The van der Waals surface area contributed by atoms with Crippen molar-refractivity contribution in [2.75, 3.05) is 5.32 Å². The summed E-state index contributed by atoms with van der Waals surface area (Å²) in [5.41, 5.74) is -6.35. The maximum atomic E-state index is 14.7. The summed E-state index contributed by atoms with van der Waals surface area (Å²) in [4.78, 5) is 2.69. The van der Waals surface area contributed by atoms with E-state index >= 15 is 0 Å². The second-order valence-corrected chi connectivity index (χ2v) is 9.22. The van der Waals surface area contributed by atoms with E-state index in [1.165, 1.54) is 19.1 Å². The van der Waals surface area contributed by atoms with Crippen LogP contribution in [0.1, 0.15) is 42.8 Å². The highest BCUT2D eigenvalue weighted by Gasteiger charge is 2.54. The van der Waals surface area contributed by atoms with Crippen molar-refractivity contribution in [1.29, 1.82) is 0 Å². The number of rotatable bonds is 6. The maximum Gasteiger partial charge on any atom is 0.502 e. The molecule has 1 aromatic carbocycles. The van der Waals surface area contributed by atoms with Gasteiger partial charge in [0.25, 0.3) is 9.84 Å². The SMILES string of the molecule is Cc1cc(NC(C)c2cccc(S(=O)(=O)C(F)(F)F)c2F)cc(C2(C(F)F)CC2)n1. The number of halogens is 6. The molecule has 0 bridgehead atoms. The van der Waals surface area contributed by atoms with Gasteiger partial charge in [-0.3, -0.25) is 4.98 Å². The Morgan fingerprint density at radius 3 is 2.33 bits per heavy atom. The van der Waals surface area contributed by atoms with Crippen LogP contribution in [0.15, 0.2) is 35.2 Å². The first-order valence-corrected chi connectivity index (χ1v) is 10.4. The molecule has 1 heterocycles. The van der Waals surface area contributed by atoms with Crippen molar-refractivity contribution < 1.29 is 34.8 Å². The van der Waals surface area contributed by atoms with Gasteiger partial charge in [-0.05, 0) is 44.9 Å². The van der Waals surface area contributed by atoms with Gasteiger partial charge in [-0.25, -0.2) is 21.6 Å². The Balaban J connectivity index is 1.94. The average molecular weight is 452 g/mol. The second-order valence-electron chi connectivity index (χ2n) is 7.31. The summed E-state index contributed by atoms with van der Waals surface area (Å²) in [6.45, 7) is 3.01. The van der Waals surface area contributed by atoms with Crippen LogP contribution in [0.3, 0.4) is 0 Å². The van der Waals surface area contributed by atoms with Gasteiger partial charge in [-0.15, -0.1) is 0 Å². The molecular weight excluding hydrogens is 434 g/mol. The third-order valence-electron chi connectivity index (χ3n) is 5.11. The molecule has 0 radical (unpaired) electrons. The molecule has 0 amide bonds. The first-order chi connectivity index (χ1) is 13.8. The number of hydrogen-bond donors (Lipinski definition) is 1. The van der Waals surface area contributed by atoms with Crippen LogP contribution >= 0.6 is 0 Å². The van der Waals surface area contributed by atoms with Crippen LogP contribution in [-0.2, 0) is 15.3 Å². The average Bonchev–Trinajstić information content (AvgIpc) is 3.42. The van der Waals surface area contributed by atoms with Gasteiger partial charge in [-0.2, -0.15) is 13.2 Å². The van der Waals surface area contributed by atoms with Gasteiger partial charge in [0, 0.05) is 16.9 Å². The minimum atomic E-state index is -5.87. The molecule has 164 valence electrons. The van der Waals surface area contributed by atoms with Crippen LogP contribution < -0.4 is 5.32 Å². The fourth-order valence-corrected chi connectivity index (χ4v) is 4.11. The topological polar surface area (TPSA) is 59.1 Å². The zero-order valence-electron chi connectivity index (χ0n) is 15.9. The van der Waals surface area contributed by atoms with E-state index < -0.39 is 43.9 Å². The summed E-state index contributed by atoms with van der Waals surface area (Å²) in [5.74, 6) is -1.52. The van der Waals surface area contributed by atoms with Gasteiger partial charge in [0.15, 0.2) is 0 Å². The van der Waals surface area contributed by atoms with E-state index in [1.54, 1.807) is 6.92 Å². The highest BCUT2D eigenvalue weighted by molar-refractivity contribution is 7.92. The molecule has 0 spiro atoms. The lowest BCUT2D eigenvalue weighted by Crippen LogP contribution is -2.25. The molecule has 1 aliphatic rings. The standard InChI is InChI=1S/C19H18F6N2O2S/c1-10-8-12(9-15(26-10)18(6-7-18)17(21)22)27-11(2)13-4-3-5-14(16(13)20)30(28,29)19(23,24)25/h3-5,8-9,11,17H,6-7H2,1-2H3,(H,26,27). The fraction of sp³-hybridized carbons (Fsp3) is 0.421. The van der Waals surface area contributed by atoms with Crippen molar-refractivity contribution in [3.8, 4) is 0 Å². The van der Waals surface area contributed by atoms with Crippen LogP contribution in [0, 0.1) is 12.7 Å². The van der Waals surface area contributed by atoms with Crippen molar-refractivity contribution in [3.05, 3.63) is 53.1 Å². The van der Waals surface area contributed by atoms with Crippen molar-refractivity contribution in [2.24, 2.45) is 0 Å². The zero-order valence-corrected chi connectivity index (χ0v) is 16.7. The van der Waals surface area contributed by atoms with Crippen LogP contribution in [-0.4, -0.2) is 25.3 Å². The van der Waals surface area contributed by atoms with Crippen LogP contribution in [0.2, 0.25) is 0 Å². The number of pyridine rings is 1. The molecule has 1 atom stereocenters. The lowest BCUT2D eigenvalue weighted by Gasteiger charge is -2.20. The largest absolute Gasteiger partial charge is 0.502 e. The predicted molar refractivity (Wildman–Crippen MR) is 97.6 cm³/mol. The Kier molecular flexibility index (Phi) is 5.55. The Labute approximate surface area is 169 Å². The van der Waals surface area contributed by atoms with E-state index in [2.05, 4.69) is 10.3 Å². The molecule has 3 rings (SSSR count). The molecular formula is C19H18F6N2O2S. The van der Waals surface area contributed by atoms with Gasteiger partial charge in [0.2, 0.25) is 6.43 Å². The van der Waals surface area contributed by atoms with E-state index in [1.807, 2.05) is 0 Å². The van der Waals surface area contributed by atoms with E-state index in [0.717, 1.165) is 12.1 Å². The molecule has 1 N–H and O–H groups in total. The number of alkyl halides is 5. The van der Waals surface area contributed by atoms with Gasteiger partial charge in [-0.1, -0.05) is 12.1 Å². The number of benzene rings is 1. The normalized spacial score (nSPS) is 17.1. The first-order valence-electron chi connectivity index (χ1n) is 8.93. The van der Waals surface area contributed by atoms with E-state index in [0.29, 0.717) is 17.4 Å². The predicted octanol–water partition coefficient (Wildman–Crippen LogP) is 5.29. The molecule has 1 unspecified atom stereocenters. The number of nitrogens with zero attached hydrogens (tertiary/aromatic N) is 1. The van der Waals surface area contributed by atoms with Crippen molar-refractivity contribution in [1.82, 2.24) is 4.98 Å². The van der Waals surface area contributed by atoms with E-state index in [-0.39, 0.29) is 24.1 Å². The molecule has 1 aliphatic carbocycles. The highest BCUT2D eigenvalue weighted by Crippen LogP contribution is 2.52. The maximum absolute atomic E-state index is 14.7. The van der Waals surface area contributed by atoms with E-state index in [9.17, 15) is 34.8 Å². The van der Waals surface area contributed by atoms with Crippen LogP contribution in [0.5, 0.6) is 0 Å². The molecule has 1 saturated carbocycles. The highest BCUT2D eigenvalue weighted by atomic mass is 32.2. The quantitative estimate of drug-likeness (QED) is 0.605. The summed E-state index contributed by atoms with van der Waals surface area (Å²) in [7, 11) is -5.87. The lowest BCUT2D eigenvalue weighted by atomic mass is 10.0. The number of hydrogen-bond acceptors (Lipinski definition) is 4. The summed E-state index contributed by atoms with van der Waals surface area (Å²) >= 11 is 0. The van der Waals surface area contributed by atoms with Gasteiger partial charge in [0.05, 0.1) is 17.2 Å². The molecule has 0 saturated heterocycles. The summed E-state index contributed by atoms with van der Waals surface area (Å²) in [6, 6.07) is 4.67. The molecule has 1 aromatic heterocycles. The van der Waals surface area contributed by atoms with Crippen molar-refractivity contribution in [2.45, 2.75) is 55.0 Å². The summed E-state index contributed by atoms with van der Waals surface area (Å²) in [5, 5.41) is 2.84. The van der Waals surface area contributed by atoms with E-state index in [4.69, 9.17) is 0 Å². The van der Waals surface area contributed by atoms with Crippen LogP contribution in [0.4, 0.5) is 32.0 Å². The summed E-state index contributed by atoms with van der Waals surface area (Å²) < 4.78 is 103. The Morgan fingerprint density at radius 1 is 1.17 bits per heavy atom. The Morgan fingerprint density at radius 2 is 1.80 bits per heavy atom. The van der Waals surface area contributed by atoms with Gasteiger partial charge < -0.3 is 5.32 Å². The second kappa shape index (κ2) is 7.44. The minimum Gasteiger partial charge on any atom is -0.378 e. The summed E-state index contributed by atoms with van der Waals surface area (Å²) in [6.07, 6.45) is -2.04. The number of aromatic nitrogens is 1. The molecule has 4 nitrogen and oxygen atoms in total. The lowest BCUT2D eigenvalue weighted by molar-refractivity contribution is -0.0437. The third kappa shape index (κ3) is 3.86. The third-order valence-corrected chi connectivity index (χ3v) is 6.61. The smallest absolute Gasteiger partial charge is 0.378 e. The molecule has 11 heteroatoms. The zero-order chi connectivity index (χ0) is 22.5. The number of sulfone groups is 1. The molecule has 30 heavy (non-hydrogen) atoms. The first kappa shape index (κ1) is 22.4.